The Balaban J connectivity index is 1.68. The van der Waals surface area contributed by atoms with E-state index in [0.29, 0.717) is 0 Å². The predicted molar refractivity (Wildman–Crippen MR) is 54.0 cm³/mol. The van der Waals surface area contributed by atoms with Crippen LogP contribution >= 0.6 is 11.3 Å². The van der Waals surface area contributed by atoms with E-state index < -0.39 is 0 Å². The molecule has 1 saturated carbocycles. The van der Waals surface area contributed by atoms with Gasteiger partial charge in [0, 0.05) is 24.7 Å². The Kier molecular flexibility index (Phi) is 1.46. The average Bonchev–Trinajstić information content (AvgIpc) is 2.77. The highest BCUT2D eigenvalue weighted by atomic mass is 32.1. The lowest BCUT2D eigenvalue weighted by Crippen LogP contribution is -2.69. The van der Waals surface area contributed by atoms with Crippen LogP contribution in [0.2, 0.25) is 0 Å². The Bertz CT molecular complexity index is 299. The Labute approximate surface area is 81.6 Å². The van der Waals surface area contributed by atoms with Crippen LogP contribution in [0.15, 0.2) is 11.6 Å². The van der Waals surface area contributed by atoms with Gasteiger partial charge in [-0.1, -0.05) is 0 Å². The van der Waals surface area contributed by atoms with Gasteiger partial charge < -0.3 is 10.6 Å². The molecule has 0 aromatic carbocycles. The molecule has 2 fully saturated rings. The zero-order valence-corrected chi connectivity index (χ0v) is 8.26. The molecule has 2 aliphatic rings. The summed E-state index contributed by atoms with van der Waals surface area (Å²) >= 11 is 1.70. The number of anilines is 1. The van der Waals surface area contributed by atoms with Crippen molar-refractivity contribution in [2.45, 2.75) is 18.4 Å². The van der Waals surface area contributed by atoms with E-state index in [0.717, 1.165) is 24.1 Å². The molecule has 0 unspecified atom stereocenters. The first-order valence-corrected chi connectivity index (χ1v) is 5.59. The number of rotatable bonds is 2. The molecule has 70 valence electrons. The summed E-state index contributed by atoms with van der Waals surface area (Å²) in [5.74, 6) is 0.795. The minimum absolute atomic E-state index is 0.117. The van der Waals surface area contributed by atoms with Gasteiger partial charge in [0.05, 0.1) is 5.54 Å². The summed E-state index contributed by atoms with van der Waals surface area (Å²) in [5, 5.41) is 3.14. The van der Waals surface area contributed by atoms with Crippen molar-refractivity contribution in [3.05, 3.63) is 11.6 Å². The molecule has 3 nitrogen and oxygen atoms in total. The Hall–Kier alpha value is -0.610. The van der Waals surface area contributed by atoms with Gasteiger partial charge in [0.15, 0.2) is 5.13 Å². The van der Waals surface area contributed by atoms with Gasteiger partial charge in [-0.15, -0.1) is 11.3 Å². The third-order valence-corrected chi connectivity index (χ3v) is 3.88. The highest BCUT2D eigenvalue weighted by Crippen LogP contribution is 2.44. The number of nitrogens with two attached hydrogens (primary N) is 1. The molecule has 3 rings (SSSR count). The Morgan fingerprint density at radius 1 is 1.54 bits per heavy atom. The first-order chi connectivity index (χ1) is 6.28. The van der Waals surface area contributed by atoms with Gasteiger partial charge in [0.25, 0.3) is 0 Å². The predicted octanol–water partition coefficient (Wildman–Crippen LogP) is 1.07. The van der Waals surface area contributed by atoms with Crippen LogP contribution in [0.3, 0.4) is 0 Å². The number of thiazole rings is 1. The molecule has 13 heavy (non-hydrogen) atoms. The monoisotopic (exact) mass is 195 g/mol. The van der Waals surface area contributed by atoms with Gasteiger partial charge in [0.2, 0.25) is 0 Å². The van der Waals surface area contributed by atoms with E-state index in [-0.39, 0.29) is 5.54 Å². The van der Waals surface area contributed by atoms with E-state index in [1.807, 2.05) is 11.6 Å². The molecule has 4 heteroatoms. The van der Waals surface area contributed by atoms with E-state index in [1.165, 1.54) is 12.8 Å². The van der Waals surface area contributed by atoms with Crippen molar-refractivity contribution in [1.29, 1.82) is 0 Å². The normalized spacial score (nSPS) is 25.8. The molecule has 1 aliphatic carbocycles. The van der Waals surface area contributed by atoms with E-state index in [9.17, 15) is 0 Å². The number of aromatic nitrogens is 1. The smallest absolute Gasteiger partial charge is 0.185 e. The van der Waals surface area contributed by atoms with E-state index in [1.54, 1.807) is 11.3 Å². The van der Waals surface area contributed by atoms with Crippen LogP contribution < -0.4 is 10.6 Å². The zero-order valence-electron chi connectivity index (χ0n) is 7.44. The van der Waals surface area contributed by atoms with Crippen LogP contribution in [0.1, 0.15) is 12.8 Å². The minimum atomic E-state index is 0.117. The summed E-state index contributed by atoms with van der Waals surface area (Å²) in [6.45, 7) is 2.01. The molecule has 0 atom stereocenters. The van der Waals surface area contributed by atoms with Crippen molar-refractivity contribution in [1.82, 2.24) is 4.98 Å². The SMILES string of the molecule is NC1(C2CC2)CN(c2nccs2)C1. The van der Waals surface area contributed by atoms with Gasteiger partial charge in [0.1, 0.15) is 0 Å². The van der Waals surface area contributed by atoms with Crippen molar-refractivity contribution >= 4 is 16.5 Å². The Morgan fingerprint density at radius 2 is 2.31 bits per heavy atom. The topological polar surface area (TPSA) is 42.1 Å². The maximum Gasteiger partial charge on any atom is 0.185 e. The second-order valence-electron chi connectivity index (χ2n) is 4.18. The van der Waals surface area contributed by atoms with E-state index in [4.69, 9.17) is 5.73 Å². The largest absolute Gasteiger partial charge is 0.344 e. The lowest BCUT2D eigenvalue weighted by Gasteiger charge is -2.48. The standard InChI is InChI=1S/C9H13N3S/c10-9(7-1-2-7)5-12(6-9)8-11-3-4-13-8/h3-4,7H,1-2,5-6,10H2. The van der Waals surface area contributed by atoms with Crippen LogP contribution in [-0.4, -0.2) is 23.6 Å². The van der Waals surface area contributed by atoms with Crippen molar-refractivity contribution in [2.75, 3.05) is 18.0 Å². The van der Waals surface area contributed by atoms with Crippen LogP contribution in [0, 0.1) is 5.92 Å². The number of hydrogen-bond acceptors (Lipinski definition) is 4. The van der Waals surface area contributed by atoms with Crippen molar-refractivity contribution < 1.29 is 0 Å². The molecule has 2 heterocycles. The first kappa shape index (κ1) is 7.76. The average molecular weight is 195 g/mol. The van der Waals surface area contributed by atoms with Crippen LogP contribution in [0.25, 0.3) is 0 Å². The molecule has 0 radical (unpaired) electrons. The van der Waals surface area contributed by atoms with E-state index in [2.05, 4.69) is 9.88 Å². The highest BCUT2D eigenvalue weighted by Gasteiger charge is 2.50. The summed E-state index contributed by atoms with van der Waals surface area (Å²) < 4.78 is 0. The quantitative estimate of drug-likeness (QED) is 0.767. The summed E-state index contributed by atoms with van der Waals surface area (Å²) in [4.78, 5) is 6.55. The summed E-state index contributed by atoms with van der Waals surface area (Å²) in [5.41, 5.74) is 6.36. The molecular weight excluding hydrogens is 182 g/mol. The molecule has 1 saturated heterocycles. The lowest BCUT2D eigenvalue weighted by atomic mass is 9.86. The molecule has 0 bridgehead atoms. The molecular formula is C9H13N3S. The fourth-order valence-corrected chi connectivity index (χ4v) is 2.73. The third kappa shape index (κ3) is 1.16. The fourth-order valence-electron chi connectivity index (χ4n) is 2.09. The van der Waals surface area contributed by atoms with Gasteiger partial charge in [-0.2, -0.15) is 0 Å². The number of nitrogens with zero attached hydrogens (tertiary/aromatic N) is 2. The molecule has 1 aliphatic heterocycles. The van der Waals surface area contributed by atoms with Crippen molar-refractivity contribution in [3.8, 4) is 0 Å². The van der Waals surface area contributed by atoms with Gasteiger partial charge in [-0.05, 0) is 18.8 Å². The van der Waals surface area contributed by atoms with Crippen molar-refractivity contribution in [3.63, 3.8) is 0 Å². The van der Waals surface area contributed by atoms with Gasteiger partial charge in [-0.25, -0.2) is 4.98 Å². The minimum Gasteiger partial charge on any atom is -0.344 e. The van der Waals surface area contributed by atoms with E-state index >= 15 is 0 Å². The van der Waals surface area contributed by atoms with Crippen LogP contribution in [-0.2, 0) is 0 Å². The van der Waals surface area contributed by atoms with Crippen molar-refractivity contribution in [2.24, 2.45) is 11.7 Å². The highest BCUT2D eigenvalue weighted by molar-refractivity contribution is 7.13. The lowest BCUT2D eigenvalue weighted by molar-refractivity contribution is 0.291. The van der Waals surface area contributed by atoms with Crippen LogP contribution in [0.4, 0.5) is 5.13 Å². The van der Waals surface area contributed by atoms with Crippen LogP contribution in [0.5, 0.6) is 0 Å². The summed E-state index contributed by atoms with van der Waals surface area (Å²) in [7, 11) is 0. The number of hydrogen-bond donors (Lipinski definition) is 1. The van der Waals surface area contributed by atoms with Gasteiger partial charge in [-0.3, -0.25) is 0 Å². The maximum atomic E-state index is 6.24. The molecule has 2 N–H and O–H groups in total. The third-order valence-electron chi connectivity index (χ3n) is 3.05. The molecule has 0 spiro atoms. The zero-order chi connectivity index (χ0) is 8.89. The molecule has 1 aromatic heterocycles. The summed E-state index contributed by atoms with van der Waals surface area (Å²) in [6.07, 6.45) is 4.53. The molecule has 1 aromatic rings. The van der Waals surface area contributed by atoms with Gasteiger partial charge >= 0.3 is 0 Å². The second kappa shape index (κ2) is 2.45. The molecule has 0 amide bonds. The fraction of sp³-hybridized carbons (Fsp3) is 0.667. The first-order valence-electron chi connectivity index (χ1n) is 4.71. The summed E-state index contributed by atoms with van der Waals surface area (Å²) in [6, 6.07) is 0. The Morgan fingerprint density at radius 3 is 2.85 bits per heavy atom. The second-order valence-corrected chi connectivity index (χ2v) is 5.05. The maximum absolute atomic E-state index is 6.24.